The maximum absolute atomic E-state index is 12.5. The molecule has 2 N–H and O–H groups in total. The fraction of sp³-hybridized carbons (Fsp3) is 0.294. The lowest BCUT2D eigenvalue weighted by atomic mass is 9.90. The molecule has 25 heavy (non-hydrogen) atoms. The van der Waals surface area contributed by atoms with Crippen LogP contribution in [0.2, 0.25) is 10.0 Å². The Bertz CT molecular complexity index is 858. The Morgan fingerprint density at radius 1 is 1.32 bits per heavy atom. The van der Waals surface area contributed by atoms with Crippen LogP contribution in [0.15, 0.2) is 35.7 Å². The van der Waals surface area contributed by atoms with Crippen molar-refractivity contribution in [3.8, 4) is 0 Å². The summed E-state index contributed by atoms with van der Waals surface area (Å²) < 4.78 is 0. The quantitative estimate of drug-likeness (QED) is 0.795. The number of pyridine rings is 2. The normalized spacial score (nSPS) is 20.2. The van der Waals surface area contributed by atoms with Crippen LogP contribution in [-0.4, -0.2) is 26.7 Å². The molecular weight excluding hydrogens is 379 g/mol. The lowest BCUT2D eigenvalue weighted by Gasteiger charge is -2.29. The first-order valence-electron chi connectivity index (χ1n) is 7.64. The van der Waals surface area contributed by atoms with Crippen LogP contribution >= 0.6 is 35.0 Å². The van der Waals surface area contributed by atoms with Gasteiger partial charge in [-0.2, -0.15) is 0 Å². The number of ketones is 1. The van der Waals surface area contributed by atoms with Gasteiger partial charge < -0.3 is 5.73 Å². The highest BCUT2D eigenvalue weighted by Crippen LogP contribution is 2.35. The predicted octanol–water partition coefficient (Wildman–Crippen LogP) is 3.88. The molecule has 0 saturated heterocycles. The number of Topliss-reactive ketones (excluding diaryl/α,β-unsaturated/α-hetero) is 1. The first kappa shape index (κ1) is 18.2. The molecule has 0 spiro atoms. The van der Waals surface area contributed by atoms with Crippen LogP contribution in [0.4, 0.5) is 0 Å². The third kappa shape index (κ3) is 4.14. The smallest absolute Gasteiger partial charge is 0.187 e. The van der Waals surface area contributed by atoms with Gasteiger partial charge in [0.1, 0.15) is 5.69 Å². The Labute approximate surface area is 160 Å². The summed E-state index contributed by atoms with van der Waals surface area (Å²) in [6.45, 7) is 2.03. The average molecular weight is 395 g/mol. The van der Waals surface area contributed by atoms with E-state index in [0.717, 1.165) is 23.3 Å². The maximum atomic E-state index is 12.5. The van der Waals surface area contributed by atoms with Crippen molar-refractivity contribution < 1.29 is 4.79 Å². The van der Waals surface area contributed by atoms with Crippen molar-refractivity contribution in [2.24, 2.45) is 10.7 Å². The molecule has 3 rings (SSSR count). The molecule has 2 aromatic rings. The highest BCUT2D eigenvalue weighted by atomic mass is 35.5. The van der Waals surface area contributed by atoms with Crippen LogP contribution in [0.25, 0.3) is 0 Å². The molecule has 8 heteroatoms. The van der Waals surface area contributed by atoms with Crippen molar-refractivity contribution >= 4 is 45.9 Å². The van der Waals surface area contributed by atoms with Gasteiger partial charge in [0.2, 0.25) is 0 Å². The number of carbonyl (C=O) groups excluding carboxylic acids is 1. The number of hydrogen-bond donors (Lipinski definition) is 1. The van der Waals surface area contributed by atoms with E-state index in [1.807, 2.05) is 13.0 Å². The lowest BCUT2D eigenvalue weighted by Crippen LogP contribution is -2.29. The van der Waals surface area contributed by atoms with Crippen LogP contribution in [0.3, 0.4) is 0 Å². The topological polar surface area (TPSA) is 81.2 Å². The van der Waals surface area contributed by atoms with Crippen molar-refractivity contribution in [1.82, 2.24) is 9.97 Å². The Balaban J connectivity index is 1.85. The Kier molecular flexibility index (Phi) is 5.32. The van der Waals surface area contributed by atoms with Crippen molar-refractivity contribution in [2.45, 2.75) is 25.3 Å². The molecule has 2 aromatic heterocycles. The first-order chi connectivity index (χ1) is 11.9. The molecule has 0 bridgehead atoms. The second kappa shape index (κ2) is 7.32. The zero-order valence-electron chi connectivity index (χ0n) is 13.5. The Hall–Kier alpha value is -1.63. The van der Waals surface area contributed by atoms with E-state index in [4.69, 9.17) is 28.9 Å². The summed E-state index contributed by atoms with van der Waals surface area (Å²) in [5, 5.41) is 1.21. The first-order valence-corrected chi connectivity index (χ1v) is 9.38. The third-order valence-electron chi connectivity index (χ3n) is 4.05. The highest BCUT2D eigenvalue weighted by Gasteiger charge is 2.30. The van der Waals surface area contributed by atoms with E-state index in [0.29, 0.717) is 10.2 Å². The minimum atomic E-state index is -0.419. The number of halogens is 2. The number of aromatic nitrogens is 2. The van der Waals surface area contributed by atoms with Crippen molar-refractivity contribution in [1.29, 1.82) is 0 Å². The summed E-state index contributed by atoms with van der Waals surface area (Å²) in [5.41, 5.74) is 7.39. The fourth-order valence-corrected chi connectivity index (χ4v) is 4.12. The number of thioether (sulfide) groups is 1. The van der Waals surface area contributed by atoms with E-state index in [1.165, 1.54) is 12.3 Å². The molecule has 1 aliphatic heterocycles. The van der Waals surface area contributed by atoms with E-state index in [-0.39, 0.29) is 22.9 Å². The second-order valence-corrected chi connectivity index (χ2v) is 7.95. The van der Waals surface area contributed by atoms with Crippen LogP contribution in [0.5, 0.6) is 0 Å². The summed E-state index contributed by atoms with van der Waals surface area (Å²) in [6.07, 6.45) is 5.86. The number of nitrogens with zero attached hydrogens (tertiary/aromatic N) is 3. The van der Waals surface area contributed by atoms with Gasteiger partial charge in [0.05, 0.1) is 15.6 Å². The molecule has 1 aliphatic rings. The molecule has 1 atom stereocenters. The van der Waals surface area contributed by atoms with Crippen molar-refractivity contribution in [2.75, 3.05) is 5.75 Å². The van der Waals surface area contributed by atoms with E-state index in [2.05, 4.69) is 15.0 Å². The number of hydrogen-bond acceptors (Lipinski definition) is 6. The molecular formula is C17H16Cl2N4OS. The SMILES string of the molecule is C[C@@]1(c2cncc(CC(=O)c3ncc(Cl)cc3Cl)c2)CCSC(N)=N1. The summed E-state index contributed by atoms with van der Waals surface area (Å²) in [4.78, 5) is 25.4. The summed E-state index contributed by atoms with van der Waals surface area (Å²) in [7, 11) is 0. The minimum Gasteiger partial charge on any atom is -0.379 e. The summed E-state index contributed by atoms with van der Waals surface area (Å²) in [5.74, 6) is 0.715. The molecule has 0 aromatic carbocycles. The fourth-order valence-electron chi connectivity index (χ4n) is 2.66. The van der Waals surface area contributed by atoms with Gasteiger partial charge in [0.25, 0.3) is 0 Å². The Morgan fingerprint density at radius 2 is 2.12 bits per heavy atom. The monoisotopic (exact) mass is 394 g/mol. The van der Waals surface area contributed by atoms with Gasteiger partial charge in [0.15, 0.2) is 11.0 Å². The average Bonchev–Trinajstić information content (AvgIpc) is 2.54. The minimum absolute atomic E-state index is 0.152. The molecule has 130 valence electrons. The zero-order valence-corrected chi connectivity index (χ0v) is 15.8. The second-order valence-electron chi connectivity index (χ2n) is 5.99. The molecule has 5 nitrogen and oxygen atoms in total. The van der Waals surface area contributed by atoms with E-state index < -0.39 is 5.54 Å². The molecule has 0 unspecified atom stereocenters. The van der Waals surface area contributed by atoms with Crippen molar-refractivity contribution in [3.63, 3.8) is 0 Å². The zero-order chi connectivity index (χ0) is 18.0. The van der Waals surface area contributed by atoms with Gasteiger partial charge in [-0.05, 0) is 36.6 Å². The van der Waals surface area contributed by atoms with Crippen LogP contribution in [0.1, 0.15) is 35.0 Å². The lowest BCUT2D eigenvalue weighted by molar-refractivity contribution is 0.0988. The molecule has 0 saturated carbocycles. The van der Waals surface area contributed by atoms with Crippen molar-refractivity contribution in [3.05, 3.63) is 57.6 Å². The number of carbonyl (C=O) groups is 1. The standard InChI is InChI=1S/C17H16Cl2N4OS/c1-17(2-3-25-16(20)23-17)11-4-10(7-21-8-11)5-14(24)15-13(19)6-12(18)9-22-15/h4,6-9H,2-3,5H2,1H3,(H2,20,23)/t17-/m0/s1. The van der Waals surface area contributed by atoms with Gasteiger partial charge >= 0.3 is 0 Å². The van der Waals surface area contributed by atoms with Crippen LogP contribution in [-0.2, 0) is 12.0 Å². The summed E-state index contributed by atoms with van der Waals surface area (Å²) in [6, 6.07) is 3.46. The molecule has 0 amide bonds. The number of nitrogens with two attached hydrogens (primary N) is 1. The number of aliphatic imine (C=N–C) groups is 1. The van der Waals surface area contributed by atoms with Gasteiger partial charge in [-0.3, -0.25) is 14.8 Å². The highest BCUT2D eigenvalue weighted by molar-refractivity contribution is 8.13. The number of rotatable bonds is 4. The van der Waals surface area contributed by atoms with Gasteiger partial charge in [-0.1, -0.05) is 35.0 Å². The van der Waals surface area contributed by atoms with E-state index in [1.54, 1.807) is 24.2 Å². The largest absolute Gasteiger partial charge is 0.379 e. The summed E-state index contributed by atoms with van der Waals surface area (Å²) >= 11 is 13.4. The molecule has 0 fully saturated rings. The Morgan fingerprint density at radius 3 is 2.84 bits per heavy atom. The van der Waals surface area contributed by atoms with Crippen LogP contribution < -0.4 is 5.73 Å². The van der Waals surface area contributed by atoms with E-state index >= 15 is 0 Å². The molecule has 0 aliphatic carbocycles. The molecule has 0 radical (unpaired) electrons. The molecule has 3 heterocycles. The van der Waals surface area contributed by atoms with Gasteiger partial charge in [0, 0.05) is 30.8 Å². The van der Waals surface area contributed by atoms with Gasteiger partial charge in [-0.25, -0.2) is 4.98 Å². The van der Waals surface area contributed by atoms with E-state index in [9.17, 15) is 4.79 Å². The number of amidine groups is 1. The van der Waals surface area contributed by atoms with Gasteiger partial charge in [-0.15, -0.1) is 0 Å². The van der Waals surface area contributed by atoms with Crippen LogP contribution in [0, 0.1) is 0 Å². The third-order valence-corrected chi connectivity index (χ3v) is 5.34. The predicted molar refractivity (Wildman–Crippen MR) is 103 cm³/mol. The maximum Gasteiger partial charge on any atom is 0.187 e.